The van der Waals surface area contributed by atoms with E-state index in [1.54, 1.807) is 22.9 Å². The average molecular weight is 532 g/mol. The Bertz CT molecular complexity index is 1260. The van der Waals surface area contributed by atoms with Gasteiger partial charge < -0.3 is 15.0 Å². The number of nitrogens with one attached hydrogen (secondary N) is 2. The van der Waals surface area contributed by atoms with Crippen molar-refractivity contribution in [2.24, 2.45) is 0 Å². The zero-order valence-corrected chi connectivity index (χ0v) is 19.3. The maximum Gasteiger partial charge on any atom is 0.423 e. The van der Waals surface area contributed by atoms with Crippen LogP contribution in [-0.4, -0.2) is 55.9 Å². The smallest absolute Gasteiger partial charge is 0.378 e. The largest absolute Gasteiger partial charge is 0.423 e. The van der Waals surface area contributed by atoms with E-state index >= 15 is 0 Å². The lowest BCUT2D eigenvalue weighted by Crippen LogP contribution is -2.29. The van der Waals surface area contributed by atoms with Crippen LogP contribution in [0.15, 0.2) is 35.5 Å². The number of H-pyrrole nitrogens is 1. The van der Waals surface area contributed by atoms with E-state index in [1.807, 2.05) is 4.90 Å². The number of alkyl halides is 6. The minimum Gasteiger partial charge on any atom is -0.378 e. The Morgan fingerprint density at radius 1 is 1.19 bits per heavy atom. The summed E-state index contributed by atoms with van der Waals surface area (Å²) in [6, 6.07) is 1.67. The van der Waals surface area contributed by atoms with Crippen LogP contribution >= 0.6 is 0 Å². The Balaban J connectivity index is 1.28. The number of hydrogen-bond donors (Lipinski definition) is 2. The average Bonchev–Trinajstić information content (AvgIpc) is 3.48. The van der Waals surface area contributed by atoms with Crippen molar-refractivity contribution < 1.29 is 31.1 Å². The third kappa shape index (κ3) is 6.36. The minimum atomic E-state index is -4.85. The van der Waals surface area contributed by atoms with Crippen LogP contribution in [0.25, 0.3) is 0 Å². The molecule has 2 N–H and O–H groups in total. The van der Waals surface area contributed by atoms with Gasteiger partial charge in [-0.05, 0) is 25.5 Å². The number of nitrogens with zero attached hydrogens (tertiary/aromatic N) is 6. The van der Waals surface area contributed by atoms with Gasteiger partial charge >= 0.3 is 12.4 Å². The van der Waals surface area contributed by atoms with E-state index in [4.69, 9.17) is 4.74 Å². The number of anilines is 2. The van der Waals surface area contributed by atoms with Crippen LogP contribution in [0.5, 0.6) is 0 Å². The highest BCUT2D eigenvalue weighted by Crippen LogP contribution is 2.32. The number of pyridine rings is 1. The molecule has 2 unspecified atom stereocenters. The molecule has 37 heavy (non-hydrogen) atoms. The topological polar surface area (TPSA) is 114 Å². The number of aromatic amines is 1. The lowest BCUT2D eigenvalue weighted by atomic mass is 10.2. The molecule has 1 aliphatic heterocycles. The SMILES string of the molecule is CC(COCc1cn(C2CCN(c3ccc(C(F)(F)F)cn3)C2)nn1)Nc1cn[nH]c(=O)c1C(F)(F)F. The fraction of sp³-hybridized carbons (Fsp3) is 0.476. The molecule has 4 rings (SSSR count). The molecular weight excluding hydrogens is 510 g/mol. The molecule has 1 aliphatic rings. The summed E-state index contributed by atoms with van der Waals surface area (Å²) in [6.45, 7) is 2.70. The summed E-state index contributed by atoms with van der Waals surface area (Å²) in [6.07, 6.45) is -5.25. The molecule has 1 saturated heterocycles. The standard InChI is InChI=1S/C21H22F6N8O2/c1-12(30-16-7-29-32-19(36)18(16)21(25,26)27)10-37-11-14-8-35(33-31-14)15-4-5-34(9-15)17-3-2-13(6-28-17)20(22,23)24/h2-3,6-8,12,15H,4-5,9-11H2,1H3,(H2,30,32,36). The maximum absolute atomic E-state index is 13.2. The third-order valence-electron chi connectivity index (χ3n) is 5.65. The van der Waals surface area contributed by atoms with Gasteiger partial charge in [-0.1, -0.05) is 5.21 Å². The first-order valence-electron chi connectivity index (χ1n) is 11.1. The summed E-state index contributed by atoms with van der Waals surface area (Å²) in [5.41, 5.74) is -3.48. The van der Waals surface area contributed by atoms with Gasteiger partial charge in [-0.2, -0.15) is 31.4 Å². The van der Waals surface area contributed by atoms with Crippen LogP contribution in [-0.2, 0) is 23.7 Å². The van der Waals surface area contributed by atoms with Crippen molar-refractivity contribution in [1.29, 1.82) is 0 Å². The molecule has 0 aromatic carbocycles. The molecule has 0 bridgehead atoms. The van der Waals surface area contributed by atoms with Gasteiger partial charge in [-0.3, -0.25) is 4.79 Å². The summed E-state index contributed by atoms with van der Waals surface area (Å²) < 4.78 is 84.9. The lowest BCUT2D eigenvalue weighted by molar-refractivity contribution is -0.138. The van der Waals surface area contributed by atoms with Gasteiger partial charge in [0.1, 0.15) is 17.1 Å². The molecule has 2 atom stereocenters. The highest BCUT2D eigenvalue weighted by molar-refractivity contribution is 5.50. The first-order valence-corrected chi connectivity index (χ1v) is 11.1. The van der Waals surface area contributed by atoms with E-state index in [1.165, 1.54) is 6.07 Å². The van der Waals surface area contributed by atoms with Gasteiger partial charge in [0.15, 0.2) is 0 Å². The predicted molar refractivity (Wildman–Crippen MR) is 118 cm³/mol. The highest BCUT2D eigenvalue weighted by atomic mass is 19.4. The molecule has 0 amide bonds. The summed E-state index contributed by atoms with van der Waals surface area (Å²) >= 11 is 0. The normalized spacial score (nSPS) is 17.3. The second-order valence-electron chi connectivity index (χ2n) is 8.53. The molecule has 3 aromatic heterocycles. The third-order valence-corrected chi connectivity index (χ3v) is 5.65. The number of ether oxygens (including phenoxy) is 1. The van der Waals surface area contributed by atoms with Crippen LogP contribution in [0.3, 0.4) is 0 Å². The molecule has 3 aromatic rings. The fourth-order valence-corrected chi connectivity index (χ4v) is 3.90. The zero-order valence-electron chi connectivity index (χ0n) is 19.3. The number of rotatable bonds is 8. The molecule has 0 saturated carbocycles. The van der Waals surface area contributed by atoms with Crippen molar-refractivity contribution in [3.63, 3.8) is 0 Å². The van der Waals surface area contributed by atoms with E-state index in [2.05, 4.69) is 25.7 Å². The molecule has 4 heterocycles. The fourth-order valence-electron chi connectivity index (χ4n) is 3.90. The molecule has 1 fully saturated rings. The Morgan fingerprint density at radius 2 is 1.97 bits per heavy atom. The van der Waals surface area contributed by atoms with Gasteiger partial charge in [0, 0.05) is 25.3 Å². The Hall–Kier alpha value is -3.69. The van der Waals surface area contributed by atoms with Gasteiger partial charge in [-0.25, -0.2) is 14.8 Å². The van der Waals surface area contributed by atoms with Crippen molar-refractivity contribution in [3.8, 4) is 0 Å². The van der Waals surface area contributed by atoms with E-state index in [0.717, 1.165) is 18.5 Å². The van der Waals surface area contributed by atoms with Crippen LogP contribution in [0.1, 0.15) is 36.2 Å². The Morgan fingerprint density at radius 3 is 2.65 bits per heavy atom. The number of halogens is 6. The molecule has 0 aliphatic carbocycles. The van der Waals surface area contributed by atoms with Gasteiger partial charge in [-0.15, -0.1) is 5.10 Å². The number of hydrogen-bond acceptors (Lipinski definition) is 8. The van der Waals surface area contributed by atoms with Gasteiger partial charge in [0.2, 0.25) is 0 Å². The van der Waals surface area contributed by atoms with Gasteiger partial charge in [0.25, 0.3) is 5.56 Å². The van der Waals surface area contributed by atoms with Crippen molar-refractivity contribution in [2.45, 2.75) is 44.4 Å². The van der Waals surface area contributed by atoms with Crippen molar-refractivity contribution >= 4 is 11.5 Å². The molecule has 16 heteroatoms. The van der Waals surface area contributed by atoms with Crippen molar-refractivity contribution in [1.82, 2.24) is 30.2 Å². The van der Waals surface area contributed by atoms with Gasteiger partial charge in [0.05, 0.1) is 42.9 Å². The maximum atomic E-state index is 13.2. The quantitative estimate of drug-likeness (QED) is 0.425. The summed E-state index contributed by atoms with van der Waals surface area (Å²) in [4.78, 5) is 17.3. The van der Waals surface area contributed by atoms with E-state index in [-0.39, 0.29) is 19.3 Å². The van der Waals surface area contributed by atoms with Crippen molar-refractivity contribution in [2.75, 3.05) is 29.9 Å². The second-order valence-corrected chi connectivity index (χ2v) is 8.53. The zero-order chi connectivity index (χ0) is 26.8. The summed E-state index contributed by atoms with van der Waals surface area (Å²) in [5.74, 6) is 0.435. The molecule has 0 radical (unpaired) electrons. The lowest BCUT2D eigenvalue weighted by Gasteiger charge is -2.18. The van der Waals surface area contributed by atoms with E-state index in [9.17, 15) is 31.1 Å². The first-order chi connectivity index (χ1) is 17.4. The molecular formula is C21H22F6N8O2. The van der Waals surface area contributed by atoms with E-state index < -0.39 is 40.8 Å². The number of aromatic nitrogens is 6. The molecule has 10 nitrogen and oxygen atoms in total. The highest BCUT2D eigenvalue weighted by Gasteiger charge is 2.37. The first kappa shape index (κ1) is 26.4. The molecule has 200 valence electrons. The summed E-state index contributed by atoms with van der Waals surface area (Å²) in [7, 11) is 0. The Labute approximate surface area is 205 Å². The predicted octanol–water partition coefficient (Wildman–Crippen LogP) is 3.26. The minimum absolute atomic E-state index is 0.00769. The van der Waals surface area contributed by atoms with Crippen LogP contribution in [0, 0.1) is 0 Å². The monoisotopic (exact) mass is 532 g/mol. The van der Waals surface area contributed by atoms with E-state index in [0.29, 0.717) is 31.0 Å². The second kappa shape index (κ2) is 10.4. The van der Waals surface area contributed by atoms with Crippen LogP contribution in [0.2, 0.25) is 0 Å². The van der Waals surface area contributed by atoms with Crippen LogP contribution < -0.4 is 15.8 Å². The Kier molecular flexibility index (Phi) is 7.38. The molecule has 0 spiro atoms. The summed E-state index contributed by atoms with van der Waals surface area (Å²) in [5, 5.41) is 15.9. The van der Waals surface area contributed by atoms with Crippen molar-refractivity contribution in [3.05, 3.63) is 57.9 Å². The van der Waals surface area contributed by atoms with Crippen LogP contribution in [0.4, 0.5) is 37.8 Å².